The van der Waals surface area contributed by atoms with Gasteiger partial charge in [-0.2, -0.15) is 5.10 Å². The molecule has 6 nitrogen and oxygen atoms in total. The number of rotatable bonds is 3. The molecule has 0 fully saturated rings. The summed E-state index contributed by atoms with van der Waals surface area (Å²) in [6.45, 7) is 0. The van der Waals surface area contributed by atoms with Crippen LogP contribution in [0.15, 0.2) is 29.4 Å². The maximum atomic E-state index is 10.7. The van der Waals surface area contributed by atoms with E-state index in [1.54, 1.807) is 0 Å². The van der Waals surface area contributed by atoms with Crippen LogP contribution in [0.2, 0.25) is 0 Å². The number of hydrazine groups is 1. The van der Waals surface area contributed by atoms with E-state index < -0.39 is 6.03 Å². The van der Waals surface area contributed by atoms with Crippen LogP contribution in [0.25, 0.3) is 0 Å². The Labute approximate surface area is 94.1 Å². The average Bonchev–Trinajstić information content (AvgIpc) is 2.29. The lowest BCUT2D eigenvalue weighted by molar-refractivity contribution is 0.241. The van der Waals surface area contributed by atoms with Crippen LogP contribution in [0.3, 0.4) is 0 Å². The average molecular weight is 221 g/mol. The lowest BCUT2D eigenvalue weighted by Crippen LogP contribution is -2.37. The van der Waals surface area contributed by atoms with Crippen molar-refractivity contribution in [1.29, 1.82) is 0 Å². The molecule has 0 unspecified atom stereocenters. The maximum Gasteiger partial charge on any atom is 0.349 e. The van der Waals surface area contributed by atoms with E-state index in [-0.39, 0.29) is 0 Å². The smallest absolute Gasteiger partial charge is 0.349 e. The summed E-state index contributed by atoms with van der Waals surface area (Å²) < 4.78 is 0. The predicted molar refractivity (Wildman–Crippen MR) is 64.2 cm³/mol. The van der Waals surface area contributed by atoms with Crippen molar-refractivity contribution in [3.63, 3.8) is 0 Å². The summed E-state index contributed by atoms with van der Waals surface area (Å²) in [5.74, 6) is 4.86. The molecule has 0 radical (unpaired) electrons. The molecule has 1 aromatic rings. The quantitative estimate of drug-likeness (QED) is 0.296. The normalized spacial score (nSPS) is 10.2. The number of hydrazone groups is 1. The Kier molecular flexibility index (Phi) is 4.28. The third-order valence-corrected chi connectivity index (χ3v) is 1.92. The van der Waals surface area contributed by atoms with E-state index in [1.165, 1.54) is 6.21 Å². The monoisotopic (exact) mass is 221 g/mol. The van der Waals surface area contributed by atoms with Crippen LogP contribution in [0.4, 0.5) is 10.5 Å². The topological polar surface area (TPSA) is 82.8 Å². The predicted octanol–water partition coefficient (Wildman–Crippen LogP) is 0.259. The Morgan fingerprint density at radius 3 is 2.50 bits per heavy atom. The van der Waals surface area contributed by atoms with Gasteiger partial charge in [0, 0.05) is 19.8 Å². The van der Waals surface area contributed by atoms with Crippen molar-refractivity contribution in [3.8, 4) is 0 Å². The Hall–Kier alpha value is -2.08. The van der Waals surface area contributed by atoms with Crippen LogP contribution in [0, 0.1) is 0 Å². The van der Waals surface area contributed by atoms with Crippen molar-refractivity contribution >= 4 is 17.9 Å². The Bertz CT molecular complexity index is 371. The van der Waals surface area contributed by atoms with Crippen LogP contribution in [0.1, 0.15) is 5.56 Å². The van der Waals surface area contributed by atoms with Crippen molar-refractivity contribution in [3.05, 3.63) is 29.8 Å². The first kappa shape index (κ1) is 12.0. The van der Waals surface area contributed by atoms with E-state index in [0.717, 1.165) is 11.3 Å². The lowest BCUT2D eigenvalue weighted by Gasteiger charge is -2.11. The van der Waals surface area contributed by atoms with Gasteiger partial charge in [-0.05, 0) is 17.7 Å². The van der Waals surface area contributed by atoms with Crippen molar-refractivity contribution in [2.75, 3.05) is 19.0 Å². The van der Waals surface area contributed by atoms with Crippen molar-refractivity contribution < 1.29 is 4.79 Å². The summed E-state index contributed by atoms with van der Waals surface area (Å²) in [5.41, 5.74) is 6.10. The van der Waals surface area contributed by atoms with Crippen LogP contribution in [-0.2, 0) is 0 Å². The first-order valence-corrected chi connectivity index (χ1v) is 4.70. The van der Waals surface area contributed by atoms with Crippen molar-refractivity contribution in [2.45, 2.75) is 0 Å². The fourth-order valence-corrected chi connectivity index (χ4v) is 1.06. The number of urea groups is 1. The first-order chi connectivity index (χ1) is 7.63. The van der Waals surface area contributed by atoms with Gasteiger partial charge in [0.1, 0.15) is 0 Å². The molecule has 1 aromatic carbocycles. The highest BCUT2D eigenvalue weighted by Crippen LogP contribution is 2.10. The number of nitrogens with one attached hydrogen (secondary N) is 2. The lowest BCUT2D eigenvalue weighted by atomic mass is 10.2. The molecule has 16 heavy (non-hydrogen) atoms. The van der Waals surface area contributed by atoms with E-state index >= 15 is 0 Å². The van der Waals surface area contributed by atoms with E-state index in [2.05, 4.69) is 10.5 Å². The second-order valence-electron chi connectivity index (χ2n) is 3.33. The second-order valence-corrected chi connectivity index (χ2v) is 3.33. The molecule has 0 aromatic heterocycles. The van der Waals surface area contributed by atoms with Crippen LogP contribution >= 0.6 is 0 Å². The third kappa shape index (κ3) is 3.58. The molecule has 0 spiro atoms. The number of carbonyl (C=O) groups excluding carboxylic acids is 1. The number of carbonyl (C=O) groups is 1. The summed E-state index contributed by atoms with van der Waals surface area (Å²) in [4.78, 5) is 12.7. The Balaban J connectivity index is 2.58. The molecule has 6 heteroatoms. The maximum absolute atomic E-state index is 10.7. The zero-order valence-corrected chi connectivity index (χ0v) is 9.27. The van der Waals surface area contributed by atoms with Gasteiger partial charge in [0.25, 0.3) is 0 Å². The zero-order chi connectivity index (χ0) is 12.0. The van der Waals surface area contributed by atoms with Gasteiger partial charge in [0.05, 0.1) is 6.21 Å². The largest absolute Gasteiger partial charge is 0.378 e. The molecule has 0 saturated carbocycles. The molecule has 0 aliphatic rings. The van der Waals surface area contributed by atoms with E-state index in [1.807, 2.05) is 48.7 Å². The molecule has 0 saturated heterocycles. The molecule has 0 aliphatic carbocycles. The molecule has 0 aliphatic heterocycles. The standard InChI is InChI=1S/C10H15N5O/c1-15(2)9-5-3-8(4-6-9)7-12-14-10(16)13-11/h3-7H,11H2,1-2H3,(H2,13,14,16). The van der Waals surface area contributed by atoms with Crippen molar-refractivity contribution in [1.82, 2.24) is 10.9 Å². The zero-order valence-electron chi connectivity index (χ0n) is 9.27. The highest BCUT2D eigenvalue weighted by atomic mass is 16.2. The molecular weight excluding hydrogens is 206 g/mol. The van der Waals surface area contributed by atoms with E-state index in [9.17, 15) is 4.79 Å². The third-order valence-electron chi connectivity index (χ3n) is 1.92. The summed E-state index contributed by atoms with van der Waals surface area (Å²) in [6.07, 6.45) is 1.54. The summed E-state index contributed by atoms with van der Waals surface area (Å²) in [5, 5.41) is 3.71. The molecule has 0 atom stereocenters. The molecule has 1 rings (SSSR count). The number of hydrogen-bond acceptors (Lipinski definition) is 4. The molecule has 0 bridgehead atoms. The van der Waals surface area contributed by atoms with Gasteiger partial charge in [-0.15, -0.1) is 0 Å². The molecule has 0 heterocycles. The highest BCUT2D eigenvalue weighted by Gasteiger charge is 1.94. The minimum absolute atomic E-state index is 0.554. The van der Waals surface area contributed by atoms with Crippen LogP contribution in [-0.4, -0.2) is 26.3 Å². The Morgan fingerprint density at radius 2 is 2.00 bits per heavy atom. The summed E-state index contributed by atoms with van der Waals surface area (Å²) in [6, 6.07) is 7.18. The first-order valence-electron chi connectivity index (χ1n) is 4.70. The number of anilines is 1. The van der Waals surface area contributed by atoms with Gasteiger partial charge in [-0.3, -0.25) is 5.43 Å². The van der Waals surface area contributed by atoms with Crippen LogP contribution in [0.5, 0.6) is 0 Å². The van der Waals surface area contributed by atoms with Crippen molar-refractivity contribution in [2.24, 2.45) is 10.9 Å². The van der Waals surface area contributed by atoms with Gasteiger partial charge >= 0.3 is 6.03 Å². The number of nitrogens with zero attached hydrogens (tertiary/aromatic N) is 2. The minimum atomic E-state index is -0.554. The molecule has 86 valence electrons. The molecule has 4 N–H and O–H groups in total. The van der Waals surface area contributed by atoms with Gasteiger partial charge < -0.3 is 4.90 Å². The minimum Gasteiger partial charge on any atom is -0.378 e. The van der Waals surface area contributed by atoms with E-state index in [0.29, 0.717) is 0 Å². The number of nitrogens with two attached hydrogens (primary N) is 1. The van der Waals surface area contributed by atoms with Crippen LogP contribution < -0.4 is 21.6 Å². The summed E-state index contributed by atoms with van der Waals surface area (Å²) >= 11 is 0. The van der Waals surface area contributed by atoms with Gasteiger partial charge in [0.15, 0.2) is 0 Å². The number of benzene rings is 1. The molecular formula is C10H15N5O. The number of hydrogen-bond donors (Lipinski definition) is 3. The summed E-state index contributed by atoms with van der Waals surface area (Å²) in [7, 11) is 3.94. The van der Waals surface area contributed by atoms with E-state index in [4.69, 9.17) is 5.84 Å². The SMILES string of the molecule is CN(C)c1ccc(C=NNC(=O)NN)cc1. The highest BCUT2D eigenvalue weighted by molar-refractivity contribution is 5.82. The van der Waals surface area contributed by atoms with Gasteiger partial charge in [-0.25, -0.2) is 16.1 Å². The fraction of sp³-hybridized carbons (Fsp3) is 0.200. The fourth-order valence-electron chi connectivity index (χ4n) is 1.06. The van der Waals surface area contributed by atoms with Gasteiger partial charge in [0.2, 0.25) is 0 Å². The Morgan fingerprint density at radius 1 is 1.38 bits per heavy atom. The number of amides is 2. The molecule has 2 amide bonds. The second kappa shape index (κ2) is 5.72. The van der Waals surface area contributed by atoms with Gasteiger partial charge in [-0.1, -0.05) is 12.1 Å².